The number of anilines is 2. The summed E-state index contributed by atoms with van der Waals surface area (Å²) in [6.45, 7) is 3.03. The quantitative estimate of drug-likeness (QED) is 0.826. The first-order valence-electron chi connectivity index (χ1n) is 6.64. The van der Waals surface area contributed by atoms with Gasteiger partial charge in [0.25, 0.3) is 0 Å². The van der Waals surface area contributed by atoms with Crippen molar-refractivity contribution in [3.63, 3.8) is 0 Å². The molecule has 2 aromatic rings. The van der Waals surface area contributed by atoms with Crippen LogP contribution in [0.2, 0.25) is 10.0 Å². The number of para-hydroxylation sites is 1. The molecule has 1 aliphatic heterocycles. The highest BCUT2D eigenvalue weighted by Gasteiger charge is 2.25. The molecule has 2 N–H and O–H groups in total. The van der Waals surface area contributed by atoms with Crippen molar-refractivity contribution in [2.24, 2.45) is 0 Å². The summed E-state index contributed by atoms with van der Waals surface area (Å²) in [6, 6.07) is 12.8. The molecule has 0 bridgehead atoms. The molecule has 0 amide bonds. The van der Waals surface area contributed by atoms with E-state index in [9.17, 15) is 0 Å². The van der Waals surface area contributed by atoms with Crippen molar-refractivity contribution in [3.05, 3.63) is 57.6 Å². The molecule has 2 nitrogen and oxygen atoms in total. The van der Waals surface area contributed by atoms with Gasteiger partial charge < -0.3 is 10.6 Å². The van der Waals surface area contributed by atoms with Crippen molar-refractivity contribution < 1.29 is 0 Å². The number of halogens is 2. The monoisotopic (exact) mass is 306 g/mol. The molecule has 0 aromatic heterocycles. The van der Waals surface area contributed by atoms with Crippen LogP contribution in [-0.2, 0) is 13.0 Å². The third-order valence-corrected chi connectivity index (χ3v) is 4.47. The Morgan fingerprint density at radius 1 is 1.20 bits per heavy atom. The van der Waals surface area contributed by atoms with Crippen molar-refractivity contribution in [3.8, 4) is 0 Å². The van der Waals surface area contributed by atoms with E-state index >= 15 is 0 Å². The maximum absolute atomic E-state index is 6.11. The Morgan fingerprint density at radius 2 is 1.85 bits per heavy atom. The number of hydrogen-bond acceptors (Lipinski definition) is 2. The van der Waals surface area contributed by atoms with E-state index in [-0.39, 0.29) is 0 Å². The van der Waals surface area contributed by atoms with Crippen molar-refractivity contribution in [2.45, 2.75) is 25.9 Å². The topological polar surface area (TPSA) is 29.3 Å². The predicted molar refractivity (Wildman–Crippen MR) is 86.7 cm³/mol. The Morgan fingerprint density at radius 3 is 2.55 bits per heavy atom. The van der Waals surface area contributed by atoms with E-state index in [0.29, 0.717) is 21.8 Å². The lowest BCUT2D eigenvalue weighted by Gasteiger charge is -2.25. The zero-order valence-electron chi connectivity index (χ0n) is 11.2. The van der Waals surface area contributed by atoms with E-state index < -0.39 is 0 Å². The summed E-state index contributed by atoms with van der Waals surface area (Å²) in [6.07, 6.45) is 1.08. The number of hydrogen-bond donors (Lipinski definition) is 1. The molecule has 0 spiro atoms. The average molecular weight is 307 g/mol. The van der Waals surface area contributed by atoms with Gasteiger partial charge in [-0.15, -0.1) is 0 Å². The standard InChI is InChI=1S/C16H16Cl2N2/c1-10-6-12-4-2-3-5-15(12)20(10)9-11-7-13(17)16(19)14(18)8-11/h2-5,7-8,10H,6,9,19H2,1H3. The molecule has 2 aromatic carbocycles. The number of benzene rings is 2. The van der Waals surface area contributed by atoms with Crippen molar-refractivity contribution in [2.75, 3.05) is 10.6 Å². The van der Waals surface area contributed by atoms with Crippen molar-refractivity contribution in [1.29, 1.82) is 0 Å². The molecule has 0 radical (unpaired) electrons. The maximum Gasteiger partial charge on any atom is 0.0693 e. The summed E-state index contributed by atoms with van der Waals surface area (Å²) in [5.74, 6) is 0. The second-order valence-electron chi connectivity index (χ2n) is 5.28. The second kappa shape index (κ2) is 5.19. The van der Waals surface area contributed by atoms with Gasteiger partial charge in [0.05, 0.1) is 15.7 Å². The average Bonchev–Trinajstić information content (AvgIpc) is 2.73. The first kappa shape index (κ1) is 13.6. The van der Waals surface area contributed by atoms with Gasteiger partial charge in [-0.1, -0.05) is 41.4 Å². The lowest BCUT2D eigenvalue weighted by Crippen LogP contribution is -2.28. The van der Waals surface area contributed by atoms with E-state index in [1.54, 1.807) is 0 Å². The fourth-order valence-corrected chi connectivity index (χ4v) is 3.33. The molecule has 1 unspecified atom stereocenters. The molecule has 20 heavy (non-hydrogen) atoms. The van der Waals surface area contributed by atoms with Crippen molar-refractivity contribution >= 4 is 34.6 Å². The van der Waals surface area contributed by atoms with Crippen LogP contribution in [-0.4, -0.2) is 6.04 Å². The van der Waals surface area contributed by atoms with Gasteiger partial charge >= 0.3 is 0 Å². The highest BCUT2D eigenvalue weighted by Crippen LogP contribution is 2.35. The summed E-state index contributed by atoms with van der Waals surface area (Å²) in [5.41, 5.74) is 10.0. The van der Waals surface area contributed by atoms with Crippen LogP contribution in [0.1, 0.15) is 18.1 Å². The third kappa shape index (κ3) is 2.34. The van der Waals surface area contributed by atoms with Gasteiger partial charge in [0.15, 0.2) is 0 Å². The van der Waals surface area contributed by atoms with E-state index in [1.165, 1.54) is 11.3 Å². The van der Waals surface area contributed by atoms with Crippen LogP contribution in [0.5, 0.6) is 0 Å². The van der Waals surface area contributed by atoms with Gasteiger partial charge in [-0.25, -0.2) is 0 Å². The minimum atomic E-state index is 0.451. The molecule has 4 heteroatoms. The minimum Gasteiger partial charge on any atom is -0.396 e. The first-order chi connectivity index (χ1) is 9.56. The van der Waals surface area contributed by atoms with E-state index in [1.807, 2.05) is 12.1 Å². The Balaban J connectivity index is 1.92. The molecule has 1 aliphatic rings. The Labute approximate surface area is 129 Å². The normalized spacial score (nSPS) is 17.4. The zero-order valence-corrected chi connectivity index (χ0v) is 12.7. The van der Waals surface area contributed by atoms with Crippen LogP contribution in [0, 0.1) is 0 Å². The van der Waals surface area contributed by atoms with Crippen LogP contribution in [0.4, 0.5) is 11.4 Å². The number of nitrogens with two attached hydrogens (primary N) is 1. The smallest absolute Gasteiger partial charge is 0.0693 e. The van der Waals surface area contributed by atoms with Crippen LogP contribution in [0.25, 0.3) is 0 Å². The summed E-state index contributed by atoms with van der Waals surface area (Å²) >= 11 is 12.2. The molecular formula is C16H16Cl2N2. The van der Waals surface area contributed by atoms with E-state index in [2.05, 4.69) is 36.1 Å². The van der Waals surface area contributed by atoms with Gasteiger partial charge in [-0.05, 0) is 42.7 Å². The SMILES string of the molecule is CC1Cc2ccccc2N1Cc1cc(Cl)c(N)c(Cl)c1. The van der Waals surface area contributed by atoms with Crippen LogP contribution >= 0.6 is 23.2 Å². The van der Waals surface area contributed by atoms with Gasteiger partial charge in [0.2, 0.25) is 0 Å². The molecule has 0 saturated carbocycles. The fourth-order valence-electron chi connectivity index (χ4n) is 2.80. The lowest BCUT2D eigenvalue weighted by atomic mass is 10.1. The Bertz CT molecular complexity index is 632. The largest absolute Gasteiger partial charge is 0.396 e. The van der Waals surface area contributed by atoms with Gasteiger partial charge in [-0.2, -0.15) is 0 Å². The Hall–Kier alpha value is -1.38. The highest BCUT2D eigenvalue weighted by molar-refractivity contribution is 6.38. The summed E-state index contributed by atoms with van der Waals surface area (Å²) in [7, 11) is 0. The summed E-state index contributed by atoms with van der Waals surface area (Å²) < 4.78 is 0. The lowest BCUT2D eigenvalue weighted by molar-refractivity contribution is 0.672. The second-order valence-corrected chi connectivity index (χ2v) is 6.10. The number of nitrogens with zero attached hydrogens (tertiary/aromatic N) is 1. The molecule has 0 aliphatic carbocycles. The van der Waals surface area contributed by atoms with Crippen LogP contribution in [0.15, 0.2) is 36.4 Å². The van der Waals surface area contributed by atoms with Crippen molar-refractivity contribution in [1.82, 2.24) is 0 Å². The molecule has 0 fully saturated rings. The Kier molecular flexibility index (Phi) is 3.53. The fraction of sp³-hybridized carbons (Fsp3) is 0.250. The molecular weight excluding hydrogens is 291 g/mol. The first-order valence-corrected chi connectivity index (χ1v) is 7.40. The van der Waals surface area contributed by atoms with E-state index in [4.69, 9.17) is 28.9 Å². The van der Waals surface area contributed by atoms with Crippen LogP contribution < -0.4 is 10.6 Å². The van der Waals surface area contributed by atoms with E-state index in [0.717, 1.165) is 18.5 Å². The minimum absolute atomic E-state index is 0.451. The zero-order chi connectivity index (χ0) is 14.3. The molecule has 1 atom stereocenters. The third-order valence-electron chi connectivity index (χ3n) is 3.84. The highest BCUT2D eigenvalue weighted by atomic mass is 35.5. The van der Waals surface area contributed by atoms with Crippen LogP contribution in [0.3, 0.4) is 0 Å². The maximum atomic E-state index is 6.11. The molecule has 104 valence electrons. The summed E-state index contributed by atoms with van der Waals surface area (Å²) in [5, 5.41) is 1.04. The number of rotatable bonds is 2. The summed E-state index contributed by atoms with van der Waals surface area (Å²) in [4.78, 5) is 2.38. The van der Waals surface area contributed by atoms with Gasteiger partial charge in [0, 0.05) is 18.3 Å². The van der Waals surface area contributed by atoms with Gasteiger partial charge in [0.1, 0.15) is 0 Å². The van der Waals surface area contributed by atoms with Gasteiger partial charge in [-0.3, -0.25) is 0 Å². The number of fused-ring (bicyclic) bond motifs is 1. The molecule has 0 saturated heterocycles. The predicted octanol–water partition coefficient (Wildman–Crippen LogP) is 4.53. The number of nitrogen functional groups attached to an aromatic ring is 1. The molecule has 3 rings (SSSR count). The molecule has 1 heterocycles.